The van der Waals surface area contributed by atoms with Crippen molar-refractivity contribution in [2.24, 2.45) is 0 Å². The quantitative estimate of drug-likeness (QED) is 0.677. The number of hydrogen-bond acceptors (Lipinski definition) is 3. The van der Waals surface area contributed by atoms with Crippen LogP contribution in [-0.2, 0) is 9.59 Å². The number of allylic oxidation sites excluding steroid dienone is 1. The molecule has 1 unspecified atom stereocenters. The molecule has 142 valence electrons. The van der Waals surface area contributed by atoms with E-state index in [0.29, 0.717) is 16.4 Å². The largest absolute Gasteiger partial charge is 0.323 e. The average Bonchev–Trinajstić information content (AvgIpc) is 2.68. The van der Waals surface area contributed by atoms with Gasteiger partial charge in [-0.25, -0.2) is 4.79 Å². The van der Waals surface area contributed by atoms with E-state index in [1.165, 1.54) is 6.08 Å². The van der Waals surface area contributed by atoms with Crippen molar-refractivity contribution in [3.05, 3.63) is 82.5 Å². The van der Waals surface area contributed by atoms with Crippen LogP contribution in [0, 0.1) is 0 Å². The number of para-hydroxylation sites is 1. The summed E-state index contributed by atoms with van der Waals surface area (Å²) in [5.74, 6) is -0.938. The summed E-state index contributed by atoms with van der Waals surface area (Å²) in [4.78, 5) is 37.4. The van der Waals surface area contributed by atoms with Crippen molar-refractivity contribution in [2.45, 2.75) is 13.0 Å². The normalized spacial score (nSPS) is 16.5. The lowest BCUT2D eigenvalue weighted by Crippen LogP contribution is -2.53. The fourth-order valence-corrected chi connectivity index (χ4v) is 2.98. The van der Waals surface area contributed by atoms with E-state index in [1.54, 1.807) is 37.3 Å². The van der Waals surface area contributed by atoms with Gasteiger partial charge in [-0.2, -0.15) is 0 Å². The molecule has 3 N–H and O–H groups in total. The topological polar surface area (TPSA) is 87.3 Å². The molecule has 1 atom stereocenters. The van der Waals surface area contributed by atoms with Crippen LogP contribution in [0.4, 0.5) is 10.5 Å². The first kappa shape index (κ1) is 19.4. The van der Waals surface area contributed by atoms with Gasteiger partial charge in [-0.3, -0.25) is 9.59 Å². The Hall–Kier alpha value is -3.38. The third-order valence-corrected chi connectivity index (χ3v) is 4.49. The molecule has 0 saturated carbocycles. The zero-order valence-electron chi connectivity index (χ0n) is 15.0. The first-order chi connectivity index (χ1) is 13.5. The lowest BCUT2D eigenvalue weighted by molar-refractivity contribution is -0.118. The molecule has 3 rings (SSSR count). The Morgan fingerprint density at radius 3 is 2.46 bits per heavy atom. The molecule has 0 bridgehead atoms. The number of nitrogens with one attached hydrogen (secondary N) is 3. The first-order valence-corrected chi connectivity index (χ1v) is 8.94. The number of carbonyl (C=O) groups excluding carboxylic acids is 3. The summed E-state index contributed by atoms with van der Waals surface area (Å²) in [5.41, 5.74) is 1.68. The number of anilines is 1. The maximum Gasteiger partial charge on any atom is 0.319 e. The highest BCUT2D eigenvalue weighted by Gasteiger charge is 2.34. The fourth-order valence-electron chi connectivity index (χ4n) is 2.80. The first-order valence-electron chi connectivity index (χ1n) is 8.57. The SMILES string of the molecule is CC1=C(C(=O)Nc2ccccc2Cl)C(C(=O)/C=C/c2ccccc2)NC(=O)N1. The van der Waals surface area contributed by atoms with Gasteiger partial charge in [0.15, 0.2) is 5.78 Å². The van der Waals surface area contributed by atoms with Gasteiger partial charge in [-0.1, -0.05) is 60.1 Å². The predicted molar refractivity (Wildman–Crippen MR) is 109 cm³/mol. The van der Waals surface area contributed by atoms with Crippen molar-refractivity contribution in [3.63, 3.8) is 0 Å². The van der Waals surface area contributed by atoms with Crippen LogP contribution in [0.3, 0.4) is 0 Å². The maximum atomic E-state index is 12.8. The summed E-state index contributed by atoms with van der Waals surface area (Å²) in [6.07, 6.45) is 2.98. The number of rotatable bonds is 5. The molecule has 0 aliphatic carbocycles. The summed E-state index contributed by atoms with van der Waals surface area (Å²) in [6, 6.07) is 14.4. The zero-order chi connectivity index (χ0) is 20.1. The van der Waals surface area contributed by atoms with E-state index in [0.717, 1.165) is 5.56 Å². The van der Waals surface area contributed by atoms with Gasteiger partial charge in [0.1, 0.15) is 6.04 Å². The molecule has 0 radical (unpaired) electrons. The lowest BCUT2D eigenvalue weighted by atomic mass is 9.97. The number of carbonyl (C=O) groups is 3. The van der Waals surface area contributed by atoms with Gasteiger partial charge in [-0.05, 0) is 30.7 Å². The molecular formula is C21H18ClN3O3. The molecule has 0 aromatic heterocycles. The second-order valence-electron chi connectivity index (χ2n) is 6.15. The van der Waals surface area contributed by atoms with Gasteiger partial charge in [-0.15, -0.1) is 0 Å². The molecule has 1 aliphatic heterocycles. The minimum atomic E-state index is -1.10. The van der Waals surface area contributed by atoms with Crippen LogP contribution in [0.2, 0.25) is 5.02 Å². The Morgan fingerprint density at radius 1 is 1.07 bits per heavy atom. The molecule has 2 aromatic rings. The van der Waals surface area contributed by atoms with Crippen molar-refractivity contribution in [2.75, 3.05) is 5.32 Å². The number of amides is 3. The summed E-state index contributed by atoms with van der Waals surface area (Å²) in [7, 11) is 0. The van der Waals surface area contributed by atoms with Crippen molar-refractivity contribution < 1.29 is 14.4 Å². The standard InChI is InChI=1S/C21H18ClN3O3/c1-13-18(20(27)24-16-10-6-5-9-15(16)22)19(25-21(28)23-13)17(26)12-11-14-7-3-2-4-8-14/h2-12,19H,1H3,(H,24,27)(H2,23,25,28)/b12-11+. The Labute approximate surface area is 167 Å². The molecule has 28 heavy (non-hydrogen) atoms. The predicted octanol–water partition coefficient (Wildman–Crippen LogP) is 3.52. The Balaban J connectivity index is 1.86. The lowest BCUT2D eigenvalue weighted by Gasteiger charge is -2.26. The third-order valence-electron chi connectivity index (χ3n) is 4.16. The van der Waals surface area contributed by atoms with Crippen LogP contribution in [-0.4, -0.2) is 23.8 Å². The van der Waals surface area contributed by atoms with Gasteiger partial charge in [0, 0.05) is 5.70 Å². The second kappa shape index (κ2) is 8.54. The van der Waals surface area contributed by atoms with Gasteiger partial charge in [0.25, 0.3) is 5.91 Å². The number of halogens is 1. The number of hydrogen-bond donors (Lipinski definition) is 3. The average molecular weight is 396 g/mol. The van der Waals surface area contributed by atoms with Crippen molar-refractivity contribution >= 4 is 41.1 Å². The van der Waals surface area contributed by atoms with Crippen LogP contribution in [0.25, 0.3) is 6.08 Å². The highest BCUT2D eigenvalue weighted by Crippen LogP contribution is 2.23. The van der Waals surface area contributed by atoms with Crippen LogP contribution in [0.15, 0.2) is 71.9 Å². The Bertz CT molecular complexity index is 983. The summed E-state index contributed by atoms with van der Waals surface area (Å²) in [5, 5.41) is 8.10. The molecule has 0 saturated heterocycles. The summed E-state index contributed by atoms with van der Waals surface area (Å²) < 4.78 is 0. The van der Waals surface area contributed by atoms with Crippen LogP contribution < -0.4 is 16.0 Å². The molecule has 6 nitrogen and oxygen atoms in total. The van der Waals surface area contributed by atoms with Gasteiger partial charge >= 0.3 is 6.03 Å². The maximum absolute atomic E-state index is 12.8. The van der Waals surface area contributed by atoms with E-state index in [2.05, 4.69) is 16.0 Å². The number of ketones is 1. The van der Waals surface area contributed by atoms with Crippen molar-refractivity contribution in [1.82, 2.24) is 10.6 Å². The molecule has 3 amide bonds. The highest BCUT2D eigenvalue weighted by atomic mass is 35.5. The molecule has 0 fully saturated rings. The third kappa shape index (κ3) is 4.47. The van der Waals surface area contributed by atoms with Crippen LogP contribution in [0.1, 0.15) is 12.5 Å². The van der Waals surface area contributed by atoms with Crippen molar-refractivity contribution in [3.8, 4) is 0 Å². The minimum absolute atomic E-state index is 0.127. The molecular weight excluding hydrogens is 378 g/mol. The smallest absolute Gasteiger partial charge is 0.319 e. The van der Waals surface area contributed by atoms with E-state index < -0.39 is 23.8 Å². The van der Waals surface area contributed by atoms with E-state index in [-0.39, 0.29) is 5.57 Å². The Morgan fingerprint density at radius 2 is 1.75 bits per heavy atom. The van der Waals surface area contributed by atoms with Crippen LogP contribution >= 0.6 is 11.6 Å². The summed E-state index contributed by atoms with van der Waals surface area (Å²) >= 11 is 6.09. The summed E-state index contributed by atoms with van der Waals surface area (Å²) in [6.45, 7) is 1.57. The minimum Gasteiger partial charge on any atom is -0.323 e. The molecule has 7 heteroatoms. The number of benzene rings is 2. The van der Waals surface area contributed by atoms with Crippen LogP contribution in [0.5, 0.6) is 0 Å². The Kier molecular flexibility index (Phi) is 5.91. The van der Waals surface area contributed by atoms with E-state index in [9.17, 15) is 14.4 Å². The molecule has 2 aromatic carbocycles. The monoisotopic (exact) mass is 395 g/mol. The second-order valence-corrected chi connectivity index (χ2v) is 6.56. The van der Waals surface area contributed by atoms with E-state index >= 15 is 0 Å². The van der Waals surface area contributed by atoms with Gasteiger partial charge in [0.05, 0.1) is 16.3 Å². The van der Waals surface area contributed by atoms with Crippen molar-refractivity contribution in [1.29, 1.82) is 0 Å². The highest BCUT2D eigenvalue weighted by molar-refractivity contribution is 6.34. The molecule has 0 spiro atoms. The van der Waals surface area contributed by atoms with Gasteiger partial charge < -0.3 is 16.0 Å². The van der Waals surface area contributed by atoms with E-state index in [4.69, 9.17) is 11.6 Å². The van der Waals surface area contributed by atoms with Gasteiger partial charge in [0.2, 0.25) is 0 Å². The zero-order valence-corrected chi connectivity index (χ0v) is 15.8. The number of urea groups is 1. The van der Waals surface area contributed by atoms with E-state index in [1.807, 2.05) is 30.3 Å². The molecule has 1 heterocycles. The molecule has 1 aliphatic rings. The fraction of sp³-hybridized carbons (Fsp3) is 0.0952.